The van der Waals surface area contributed by atoms with Crippen molar-refractivity contribution in [2.45, 2.75) is 25.0 Å². The predicted octanol–water partition coefficient (Wildman–Crippen LogP) is 5.11. The number of carbonyl (C=O) groups is 2. The van der Waals surface area contributed by atoms with Gasteiger partial charge in [-0.2, -0.15) is 0 Å². The Kier molecular flexibility index (Phi) is 6.71. The van der Waals surface area contributed by atoms with Crippen LogP contribution in [0, 0.1) is 6.92 Å². The number of carboxylic acids is 1. The molecule has 0 saturated carbocycles. The minimum Gasteiger partial charge on any atom is -0.478 e. The molecule has 1 aliphatic heterocycles. The highest BCUT2D eigenvalue weighted by atomic mass is 32.2. The Hall–Kier alpha value is -3.38. The number of hydrogen-bond donors (Lipinski definition) is 1. The van der Waals surface area contributed by atoms with Gasteiger partial charge in [0.2, 0.25) is 5.91 Å². The maximum Gasteiger partial charge on any atom is 0.335 e. The molecule has 3 aromatic carbocycles. The van der Waals surface area contributed by atoms with E-state index < -0.39 is 5.97 Å². The van der Waals surface area contributed by atoms with Crippen LogP contribution in [0.5, 0.6) is 0 Å². The number of aromatic carboxylic acids is 1. The predicted molar refractivity (Wildman–Crippen MR) is 129 cm³/mol. The van der Waals surface area contributed by atoms with E-state index in [1.165, 1.54) is 29.5 Å². The van der Waals surface area contributed by atoms with Gasteiger partial charge in [-0.1, -0.05) is 71.9 Å². The van der Waals surface area contributed by atoms with Crippen LogP contribution in [0.2, 0.25) is 0 Å². The largest absolute Gasteiger partial charge is 0.478 e. The minimum atomic E-state index is -0.975. The molecular weight excluding hydrogens is 420 g/mol. The van der Waals surface area contributed by atoms with E-state index in [0.717, 1.165) is 17.5 Å². The summed E-state index contributed by atoms with van der Waals surface area (Å²) in [6.07, 6.45) is 1.38. The maximum atomic E-state index is 13.3. The van der Waals surface area contributed by atoms with Crippen molar-refractivity contribution in [3.05, 3.63) is 101 Å². The summed E-state index contributed by atoms with van der Waals surface area (Å²) in [7, 11) is 0. The second kappa shape index (κ2) is 9.83. The first-order valence-corrected chi connectivity index (χ1v) is 11.4. The molecule has 1 unspecified atom stereocenters. The fraction of sp³-hybridized carbons (Fsp3) is 0.192. The van der Waals surface area contributed by atoms with Crippen molar-refractivity contribution >= 4 is 34.5 Å². The topological polar surface area (TPSA) is 70.0 Å². The van der Waals surface area contributed by atoms with Crippen molar-refractivity contribution in [1.82, 2.24) is 4.90 Å². The summed E-state index contributed by atoms with van der Waals surface area (Å²) in [5.41, 5.74) is 4.31. The summed E-state index contributed by atoms with van der Waals surface area (Å²) in [5, 5.41) is 9.54. The summed E-state index contributed by atoms with van der Waals surface area (Å²) >= 11 is 1.48. The second-order valence-corrected chi connectivity index (χ2v) is 8.94. The summed E-state index contributed by atoms with van der Waals surface area (Å²) in [5.74, 6) is -0.911. The highest BCUT2D eigenvalue weighted by Crippen LogP contribution is 2.32. The van der Waals surface area contributed by atoms with Gasteiger partial charge < -0.3 is 5.11 Å². The Morgan fingerprint density at radius 2 is 1.72 bits per heavy atom. The molecule has 1 amide bonds. The minimum absolute atomic E-state index is 0.0633. The van der Waals surface area contributed by atoms with E-state index in [1.54, 1.807) is 17.0 Å². The molecule has 162 valence electrons. The van der Waals surface area contributed by atoms with Gasteiger partial charge in [0.1, 0.15) is 0 Å². The monoisotopic (exact) mass is 444 g/mol. The Labute approximate surface area is 191 Å². The number of nitrogens with zero attached hydrogens (tertiary/aromatic N) is 2. The number of amides is 1. The zero-order chi connectivity index (χ0) is 22.5. The molecule has 32 heavy (non-hydrogen) atoms. The fourth-order valence-electron chi connectivity index (χ4n) is 3.66. The molecule has 4 rings (SSSR count). The van der Waals surface area contributed by atoms with Crippen LogP contribution in [0.4, 0.5) is 5.69 Å². The van der Waals surface area contributed by atoms with Crippen LogP contribution in [-0.4, -0.2) is 38.8 Å². The number of rotatable bonds is 7. The third kappa shape index (κ3) is 5.26. The van der Waals surface area contributed by atoms with Crippen LogP contribution in [0.3, 0.4) is 0 Å². The molecule has 1 atom stereocenters. The third-order valence-corrected chi connectivity index (χ3v) is 6.50. The van der Waals surface area contributed by atoms with E-state index in [-0.39, 0.29) is 16.7 Å². The average molecular weight is 445 g/mol. The SMILES string of the molecule is Cc1cccc(CC2SC(=Nc3ccc(C(=O)O)cc3)N(CCc3ccccc3)C2=O)c1. The molecule has 0 spiro atoms. The Bertz CT molecular complexity index is 1140. The van der Waals surface area contributed by atoms with Crippen LogP contribution in [0.25, 0.3) is 0 Å². The normalized spacial score (nSPS) is 17.2. The number of carbonyl (C=O) groups excluding carboxylic acids is 1. The number of aryl methyl sites for hydroxylation is 1. The molecule has 1 saturated heterocycles. The third-order valence-electron chi connectivity index (χ3n) is 5.33. The van der Waals surface area contributed by atoms with Gasteiger partial charge in [-0.25, -0.2) is 9.79 Å². The summed E-state index contributed by atoms with van der Waals surface area (Å²) in [4.78, 5) is 30.9. The van der Waals surface area contributed by atoms with Crippen LogP contribution >= 0.6 is 11.8 Å². The molecule has 0 radical (unpaired) electrons. The van der Waals surface area contributed by atoms with Crippen LogP contribution in [0.15, 0.2) is 83.9 Å². The zero-order valence-corrected chi connectivity index (χ0v) is 18.6. The first kappa shape index (κ1) is 21.8. The molecule has 5 nitrogen and oxygen atoms in total. The van der Waals surface area contributed by atoms with Crippen molar-refractivity contribution in [2.24, 2.45) is 4.99 Å². The van der Waals surface area contributed by atoms with E-state index >= 15 is 0 Å². The van der Waals surface area contributed by atoms with Gasteiger partial charge in [0.15, 0.2) is 5.17 Å². The molecular formula is C26H24N2O3S. The number of aliphatic imine (C=N–C) groups is 1. The first-order chi connectivity index (χ1) is 15.5. The highest BCUT2D eigenvalue weighted by Gasteiger charge is 2.37. The fourth-order valence-corrected chi connectivity index (χ4v) is 4.88. The van der Waals surface area contributed by atoms with Crippen molar-refractivity contribution in [3.63, 3.8) is 0 Å². The van der Waals surface area contributed by atoms with Gasteiger partial charge in [-0.15, -0.1) is 0 Å². The Balaban J connectivity index is 1.58. The highest BCUT2D eigenvalue weighted by molar-refractivity contribution is 8.15. The van der Waals surface area contributed by atoms with Gasteiger partial charge in [0.25, 0.3) is 0 Å². The summed E-state index contributed by atoms with van der Waals surface area (Å²) < 4.78 is 0. The van der Waals surface area contributed by atoms with Crippen LogP contribution in [-0.2, 0) is 17.6 Å². The Morgan fingerprint density at radius 1 is 1.00 bits per heavy atom. The lowest BCUT2D eigenvalue weighted by molar-refractivity contribution is -0.126. The lowest BCUT2D eigenvalue weighted by atomic mass is 10.1. The van der Waals surface area contributed by atoms with Gasteiger partial charge >= 0.3 is 5.97 Å². The summed E-state index contributed by atoms with van der Waals surface area (Å²) in [6, 6.07) is 24.7. The van der Waals surface area contributed by atoms with Gasteiger partial charge in [-0.05, 0) is 55.2 Å². The van der Waals surface area contributed by atoms with Crippen molar-refractivity contribution in [2.75, 3.05) is 6.54 Å². The van der Waals surface area contributed by atoms with Gasteiger partial charge in [-0.3, -0.25) is 9.69 Å². The van der Waals surface area contributed by atoms with Crippen LogP contribution < -0.4 is 0 Å². The number of benzene rings is 3. The van der Waals surface area contributed by atoms with Crippen molar-refractivity contribution < 1.29 is 14.7 Å². The van der Waals surface area contributed by atoms with Gasteiger partial charge in [0, 0.05) is 6.54 Å². The molecule has 0 bridgehead atoms. The zero-order valence-electron chi connectivity index (χ0n) is 17.8. The molecule has 1 fully saturated rings. The molecule has 6 heteroatoms. The molecule has 3 aromatic rings. The van der Waals surface area contributed by atoms with E-state index in [2.05, 4.69) is 24.3 Å². The van der Waals surface area contributed by atoms with Crippen molar-refractivity contribution in [3.8, 4) is 0 Å². The van der Waals surface area contributed by atoms with E-state index in [0.29, 0.717) is 23.8 Å². The Morgan fingerprint density at radius 3 is 2.41 bits per heavy atom. The number of carboxylic acid groups (broad SMARTS) is 1. The van der Waals surface area contributed by atoms with Crippen molar-refractivity contribution in [1.29, 1.82) is 0 Å². The van der Waals surface area contributed by atoms with E-state index in [1.807, 2.05) is 37.3 Å². The molecule has 0 aliphatic carbocycles. The lowest BCUT2D eigenvalue weighted by Gasteiger charge is -2.16. The quantitative estimate of drug-likeness (QED) is 0.550. The van der Waals surface area contributed by atoms with Crippen LogP contribution in [0.1, 0.15) is 27.0 Å². The smallest absolute Gasteiger partial charge is 0.335 e. The second-order valence-electron chi connectivity index (χ2n) is 7.77. The number of thioether (sulfide) groups is 1. The average Bonchev–Trinajstić information content (AvgIpc) is 3.07. The van der Waals surface area contributed by atoms with Gasteiger partial charge in [0.05, 0.1) is 16.5 Å². The first-order valence-electron chi connectivity index (χ1n) is 10.5. The maximum absolute atomic E-state index is 13.3. The van der Waals surface area contributed by atoms with E-state index in [9.17, 15) is 9.59 Å². The lowest BCUT2D eigenvalue weighted by Crippen LogP contribution is -2.34. The summed E-state index contributed by atoms with van der Waals surface area (Å²) in [6.45, 7) is 2.60. The molecule has 1 heterocycles. The molecule has 1 N–H and O–H groups in total. The molecule has 0 aromatic heterocycles. The molecule has 1 aliphatic rings. The van der Waals surface area contributed by atoms with E-state index in [4.69, 9.17) is 10.1 Å². The standard InChI is InChI=1S/C26H24N2O3S/c1-18-6-5-9-20(16-18)17-23-24(29)28(15-14-19-7-3-2-4-8-19)26(32-23)27-22-12-10-21(11-13-22)25(30)31/h2-13,16,23H,14-15,17H2,1H3,(H,30,31). The number of hydrogen-bond acceptors (Lipinski definition) is 4. The number of amidine groups is 1.